The molecule has 1 N–H and O–H groups in total. The zero-order valence-corrected chi connectivity index (χ0v) is 20.1. The summed E-state index contributed by atoms with van der Waals surface area (Å²) in [6.07, 6.45) is 0.237. The average molecular weight is 497 g/mol. The third-order valence-corrected chi connectivity index (χ3v) is 6.87. The van der Waals surface area contributed by atoms with Gasteiger partial charge in [0.2, 0.25) is 19.8 Å². The van der Waals surface area contributed by atoms with Crippen molar-refractivity contribution in [3.05, 3.63) is 69.7 Å². The maximum Gasteiger partial charge on any atom is 0.349 e. The Bertz CT molecular complexity index is 1230. The molecule has 2 aromatic carbocycles. The summed E-state index contributed by atoms with van der Waals surface area (Å²) in [5.74, 6) is -7.42. The number of nitrogens with zero attached hydrogens (tertiary/aromatic N) is 2. The highest BCUT2D eigenvalue weighted by molar-refractivity contribution is 6.35. The molecule has 0 radical (unpaired) electrons. The van der Waals surface area contributed by atoms with Crippen LogP contribution in [0.5, 0.6) is 0 Å². The molecule has 35 heavy (non-hydrogen) atoms. The van der Waals surface area contributed by atoms with E-state index in [1.54, 1.807) is 33.9 Å². The Labute approximate surface area is 208 Å². The molecule has 4 rings (SSSR count). The van der Waals surface area contributed by atoms with E-state index in [1.165, 1.54) is 25.0 Å². The van der Waals surface area contributed by atoms with Gasteiger partial charge in [0, 0.05) is 34.5 Å². The van der Waals surface area contributed by atoms with Crippen molar-refractivity contribution in [2.75, 3.05) is 0 Å². The van der Waals surface area contributed by atoms with Crippen LogP contribution in [0.4, 0.5) is 8.78 Å². The van der Waals surface area contributed by atoms with Crippen molar-refractivity contribution >= 4 is 58.9 Å². The molecule has 0 saturated carbocycles. The fourth-order valence-electron chi connectivity index (χ4n) is 4.50. The van der Waals surface area contributed by atoms with Crippen LogP contribution in [-0.2, 0) is 26.9 Å². The summed E-state index contributed by atoms with van der Waals surface area (Å²) < 4.78 is 29.3. The van der Waals surface area contributed by atoms with E-state index in [0.29, 0.717) is 16.7 Å². The number of carbonyl (C=O) groups excluding carboxylic acids is 4. The van der Waals surface area contributed by atoms with Crippen molar-refractivity contribution in [2.45, 2.75) is 36.7 Å². The van der Waals surface area contributed by atoms with Crippen LogP contribution in [0.2, 0.25) is 10.8 Å². The van der Waals surface area contributed by atoms with Crippen LogP contribution in [0.1, 0.15) is 39.4 Å². The van der Waals surface area contributed by atoms with Gasteiger partial charge >= 0.3 is 5.92 Å². The first-order valence-electron chi connectivity index (χ1n) is 11.1. The average Bonchev–Trinajstić information content (AvgIpc) is 3.15. The lowest BCUT2D eigenvalue weighted by molar-refractivity contribution is -0.147. The van der Waals surface area contributed by atoms with Crippen molar-refractivity contribution in [2.24, 2.45) is 0 Å². The third kappa shape index (κ3) is 4.47. The van der Waals surface area contributed by atoms with Crippen molar-refractivity contribution in [1.29, 1.82) is 0 Å². The van der Waals surface area contributed by atoms with Crippen LogP contribution >= 0.6 is 11.6 Å². The first-order chi connectivity index (χ1) is 16.4. The van der Waals surface area contributed by atoms with E-state index < -0.39 is 41.1 Å². The molecular formula is C22H21B3ClF2N3O4. The van der Waals surface area contributed by atoms with Crippen LogP contribution in [0.3, 0.4) is 0 Å². The van der Waals surface area contributed by atoms with Gasteiger partial charge in [0.1, 0.15) is 21.7 Å². The van der Waals surface area contributed by atoms with Gasteiger partial charge in [0.15, 0.2) is 0 Å². The summed E-state index contributed by atoms with van der Waals surface area (Å²) >= 11 is 5.74. The minimum absolute atomic E-state index is 0.148. The number of hydrogen-bond donors (Lipinski definition) is 1. The Morgan fingerprint density at radius 3 is 2.43 bits per heavy atom. The fourth-order valence-corrected chi connectivity index (χ4v) is 4.63. The molecule has 1 saturated heterocycles. The number of alkyl halides is 2. The monoisotopic (exact) mass is 497 g/mol. The zero-order valence-electron chi connectivity index (χ0n) is 19.3. The molecule has 2 heterocycles. The van der Waals surface area contributed by atoms with E-state index in [1.807, 2.05) is 0 Å². The Morgan fingerprint density at radius 2 is 1.77 bits per heavy atom. The number of rotatable bonds is 5. The normalized spacial score (nSPS) is 21.2. The van der Waals surface area contributed by atoms with Gasteiger partial charge < -0.3 is 15.0 Å². The predicted octanol–water partition coefficient (Wildman–Crippen LogP) is -0.0671. The number of carbonyl (C=O) groups is 4. The third-order valence-electron chi connectivity index (χ3n) is 6.62. The standard InChI is InChI=1S/C22H21B3ClF2N3O4/c23-15-8-16(20(34)31(25)19(15)33)30-9-11-7-10(1-6-14(11)18(30)32)17(24)29-21(35)22(27,28)12-2-4-13(26)5-3-12/h1-7,15-17H,8-9,23-25H2,(H,29,35). The number of amides is 4. The SMILES string of the molecule is BC1CC(N2Cc3cc(C(B)NC(=O)C(F)(F)c4ccc(Cl)cc4)ccc3C2=O)C(=O)N(B)C1=O. The first-order valence-corrected chi connectivity index (χ1v) is 11.5. The number of halogens is 3. The lowest BCUT2D eigenvalue weighted by Crippen LogP contribution is -2.55. The number of benzene rings is 2. The van der Waals surface area contributed by atoms with Gasteiger partial charge in [-0.25, -0.2) is 0 Å². The molecule has 3 atom stereocenters. The summed E-state index contributed by atoms with van der Waals surface area (Å²) in [7, 11) is 4.69. The van der Waals surface area contributed by atoms with Gasteiger partial charge in [0.25, 0.3) is 11.8 Å². The molecule has 0 aromatic heterocycles. The van der Waals surface area contributed by atoms with E-state index in [0.717, 1.165) is 16.9 Å². The largest absolute Gasteiger partial charge is 0.352 e. The van der Waals surface area contributed by atoms with Crippen LogP contribution < -0.4 is 5.32 Å². The first kappa shape index (κ1) is 25.0. The molecule has 1 fully saturated rings. The van der Waals surface area contributed by atoms with E-state index >= 15 is 0 Å². The second-order valence-corrected chi connectivity index (χ2v) is 9.45. The van der Waals surface area contributed by atoms with Gasteiger partial charge in [-0.2, -0.15) is 8.78 Å². The summed E-state index contributed by atoms with van der Waals surface area (Å²) in [5.41, 5.74) is 1.09. The number of imide groups is 1. The lowest BCUT2D eigenvalue weighted by atomic mass is 9.76. The Balaban J connectivity index is 1.50. The molecule has 2 aliphatic heterocycles. The number of fused-ring (bicyclic) bond motifs is 1. The van der Waals surface area contributed by atoms with Crippen LogP contribution in [0, 0.1) is 0 Å². The summed E-state index contributed by atoms with van der Waals surface area (Å²) in [5, 5.41) is 2.61. The number of hydrogen-bond acceptors (Lipinski definition) is 4. The fraction of sp³-hybridized carbons (Fsp3) is 0.273. The predicted molar refractivity (Wildman–Crippen MR) is 132 cm³/mol. The highest BCUT2D eigenvalue weighted by Gasteiger charge is 2.44. The summed E-state index contributed by atoms with van der Waals surface area (Å²) in [6.45, 7) is 0.148. The van der Waals surface area contributed by atoms with Gasteiger partial charge in [-0.1, -0.05) is 35.9 Å². The van der Waals surface area contributed by atoms with Crippen molar-refractivity contribution in [1.82, 2.24) is 15.0 Å². The second kappa shape index (κ2) is 9.15. The molecule has 0 bridgehead atoms. The van der Waals surface area contributed by atoms with E-state index in [2.05, 4.69) is 5.32 Å². The van der Waals surface area contributed by atoms with Crippen molar-refractivity contribution in [3.63, 3.8) is 0 Å². The maximum absolute atomic E-state index is 14.6. The molecule has 0 spiro atoms. The van der Waals surface area contributed by atoms with Gasteiger partial charge in [-0.05, 0) is 35.7 Å². The second-order valence-electron chi connectivity index (χ2n) is 9.01. The highest BCUT2D eigenvalue weighted by Crippen LogP contribution is 2.33. The lowest BCUT2D eigenvalue weighted by Gasteiger charge is -2.37. The van der Waals surface area contributed by atoms with Gasteiger partial charge in [-0.15, -0.1) is 0 Å². The van der Waals surface area contributed by atoms with Crippen molar-refractivity contribution in [3.8, 4) is 0 Å². The smallest absolute Gasteiger partial charge is 0.349 e. The van der Waals surface area contributed by atoms with Crippen LogP contribution in [0.25, 0.3) is 0 Å². The van der Waals surface area contributed by atoms with E-state index in [9.17, 15) is 28.0 Å². The topological polar surface area (TPSA) is 86.8 Å². The molecule has 13 heteroatoms. The van der Waals surface area contributed by atoms with Gasteiger partial charge in [0.05, 0.1) is 0 Å². The van der Waals surface area contributed by atoms with E-state index in [-0.39, 0.29) is 29.8 Å². The zero-order chi connectivity index (χ0) is 25.7. The summed E-state index contributed by atoms with van der Waals surface area (Å²) in [6, 6.07) is 8.84. The van der Waals surface area contributed by atoms with Gasteiger partial charge in [-0.3, -0.25) is 19.2 Å². The van der Waals surface area contributed by atoms with E-state index in [4.69, 9.17) is 11.6 Å². The molecule has 2 aromatic rings. The molecule has 3 unspecified atom stereocenters. The Morgan fingerprint density at radius 1 is 1.11 bits per heavy atom. The number of piperidine rings is 1. The molecule has 2 aliphatic rings. The summed E-state index contributed by atoms with van der Waals surface area (Å²) in [4.78, 5) is 52.6. The Kier molecular flexibility index (Phi) is 6.53. The van der Waals surface area contributed by atoms with Crippen LogP contribution in [-0.4, -0.2) is 63.1 Å². The minimum atomic E-state index is -3.76. The van der Waals surface area contributed by atoms with Crippen LogP contribution in [0.15, 0.2) is 42.5 Å². The minimum Gasteiger partial charge on any atom is -0.352 e. The number of nitrogens with one attached hydrogen (secondary N) is 1. The highest BCUT2D eigenvalue weighted by atomic mass is 35.5. The molecule has 7 nitrogen and oxygen atoms in total. The maximum atomic E-state index is 14.6. The molecule has 4 amide bonds. The Hall–Kier alpha value is -3.14. The quantitative estimate of drug-likeness (QED) is 0.463. The van der Waals surface area contributed by atoms with Crippen molar-refractivity contribution < 1.29 is 28.0 Å². The molecule has 0 aliphatic carbocycles. The molecular weight excluding hydrogens is 476 g/mol. The molecule has 178 valence electrons.